The van der Waals surface area contributed by atoms with Gasteiger partial charge in [0.2, 0.25) is 0 Å². The van der Waals surface area contributed by atoms with Gasteiger partial charge in [0, 0.05) is 11.6 Å². The summed E-state index contributed by atoms with van der Waals surface area (Å²) >= 11 is 0. The molecule has 0 bridgehead atoms. The molecule has 1 aromatic carbocycles. The van der Waals surface area contributed by atoms with Crippen LogP contribution < -0.4 is 0 Å². The number of hydrogen-bond acceptors (Lipinski definition) is 4. The fraction of sp³-hybridized carbons (Fsp3) is 0.222. The molecule has 0 saturated carbocycles. The summed E-state index contributed by atoms with van der Waals surface area (Å²) in [5.74, 6) is -0.107. The molecule has 0 heterocycles. The van der Waals surface area contributed by atoms with Gasteiger partial charge in [0.15, 0.2) is 0 Å². The largest absolute Gasteiger partial charge is 0.508 e. The van der Waals surface area contributed by atoms with Gasteiger partial charge in [0.1, 0.15) is 11.5 Å². The van der Waals surface area contributed by atoms with Gasteiger partial charge in [-0.05, 0) is 18.6 Å². The third-order valence-corrected chi connectivity index (χ3v) is 1.75. The second-order valence-corrected chi connectivity index (χ2v) is 2.60. The van der Waals surface area contributed by atoms with E-state index in [-0.39, 0.29) is 11.5 Å². The molecule has 0 radical (unpaired) electrons. The highest BCUT2D eigenvalue weighted by Gasteiger charge is 2.07. The van der Waals surface area contributed by atoms with E-state index in [0.717, 1.165) is 0 Å². The Morgan fingerprint density at radius 2 is 2.08 bits per heavy atom. The topological polar surface area (TPSA) is 73.1 Å². The Hall–Kier alpha value is -1.71. The first-order valence-corrected chi connectivity index (χ1v) is 3.92. The molecule has 0 unspecified atom stereocenters. The van der Waals surface area contributed by atoms with Crippen LogP contribution in [-0.4, -0.2) is 21.1 Å². The predicted octanol–water partition coefficient (Wildman–Crippen LogP) is 1.69. The van der Waals surface area contributed by atoms with Crippen molar-refractivity contribution in [2.24, 2.45) is 5.16 Å². The van der Waals surface area contributed by atoms with E-state index in [0.29, 0.717) is 17.7 Å². The molecular weight excluding hydrogens is 170 g/mol. The van der Waals surface area contributed by atoms with Crippen LogP contribution in [0.25, 0.3) is 0 Å². The molecule has 1 aromatic rings. The van der Waals surface area contributed by atoms with E-state index in [1.165, 1.54) is 18.2 Å². The maximum atomic E-state index is 9.37. The van der Waals surface area contributed by atoms with Gasteiger partial charge in [-0.3, -0.25) is 0 Å². The predicted molar refractivity (Wildman–Crippen MR) is 48.4 cm³/mol. The molecule has 0 amide bonds. The average Bonchev–Trinajstić information content (AvgIpc) is 2.10. The first-order valence-electron chi connectivity index (χ1n) is 3.92. The van der Waals surface area contributed by atoms with Crippen molar-refractivity contribution in [2.45, 2.75) is 13.3 Å². The standard InChI is InChI=1S/C9H11NO3/c1-2-8(10-13)7-4-3-6(11)5-9(7)12/h3-5,11-13H,2H2,1H3. The SMILES string of the molecule is CCC(=NO)c1ccc(O)cc1O. The van der Waals surface area contributed by atoms with Crippen molar-refractivity contribution in [3.05, 3.63) is 23.8 Å². The second kappa shape index (κ2) is 3.80. The minimum absolute atomic E-state index is 0.0188. The summed E-state index contributed by atoms with van der Waals surface area (Å²) in [6, 6.07) is 4.13. The maximum Gasteiger partial charge on any atom is 0.128 e. The molecule has 0 saturated heterocycles. The van der Waals surface area contributed by atoms with Gasteiger partial charge in [-0.25, -0.2) is 0 Å². The van der Waals surface area contributed by atoms with E-state index < -0.39 is 0 Å². The maximum absolute atomic E-state index is 9.37. The van der Waals surface area contributed by atoms with Crippen molar-refractivity contribution >= 4 is 5.71 Å². The lowest BCUT2D eigenvalue weighted by molar-refractivity contribution is 0.318. The summed E-state index contributed by atoms with van der Waals surface area (Å²) in [5.41, 5.74) is 0.820. The Kier molecular flexibility index (Phi) is 2.74. The molecule has 1 rings (SSSR count). The van der Waals surface area contributed by atoms with Gasteiger partial charge in [0.05, 0.1) is 5.71 Å². The lowest BCUT2D eigenvalue weighted by Gasteiger charge is -2.04. The number of rotatable bonds is 2. The van der Waals surface area contributed by atoms with Crippen molar-refractivity contribution in [3.63, 3.8) is 0 Å². The first-order chi connectivity index (χ1) is 6.19. The van der Waals surface area contributed by atoms with Gasteiger partial charge >= 0.3 is 0 Å². The van der Waals surface area contributed by atoms with Crippen molar-refractivity contribution in [3.8, 4) is 11.5 Å². The molecule has 70 valence electrons. The first kappa shape index (κ1) is 9.38. The van der Waals surface area contributed by atoms with Crippen LogP contribution in [0.15, 0.2) is 23.4 Å². The zero-order valence-corrected chi connectivity index (χ0v) is 7.23. The quantitative estimate of drug-likeness (QED) is 0.369. The lowest BCUT2D eigenvalue weighted by atomic mass is 10.1. The van der Waals surface area contributed by atoms with E-state index in [9.17, 15) is 5.11 Å². The molecule has 0 aliphatic rings. The summed E-state index contributed by atoms with van der Waals surface area (Å²) in [7, 11) is 0. The van der Waals surface area contributed by atoms with Crippen molar-refractivity contribution in [2.75, 3.05) is 0 Å². The van der Waals surface area contributed by atoms with E-state index >= 15 is 0 Å². The van der Waals surface area contributed by atoms with Crippen LogP contribution in [0.1, 0.15) is 18.9 Å². The van der Waals surface area contributed by atoms with Crippen LogP contribution in [0.5, 0.6) is 11.5 Å². The number of hydrogen-bond donors (Lipinski definition) is 3. The Morgan fingerprint density at radius 1 is 1.38 bits per heavy atom. The molecule has 0 spiro atoms. The average molecular weight is 181 g/mol. The second-order valence-electron chi connectivity index (χ2n) is 2.60. The molecule has 0 aromatic heterocycles. The highest BCUT2D eigenvalue weighted by Crippen LogP contribution is 2.23. The Balaban J connectivity index is 3.15. The normalized spacial score (nSPS) is 11.6. The fourth-order valence-electron chi connectivity index (χ4n) is 1.08. The number of phenols is 2. The molecule has 0 fully saturated rings. The minimum atomic E-state index is -0.0883. The van der Waals surface area contributed by atoms with Gasteiger partial charge < -0.3 is 15.4 Å². The summed E-state index contributed by atoms with van der Waals surface area (Å²) < 4.78 is 0. The molecule has 3 N–H and O–H groups in total. The Bertz CT molecular complexity index is 334. The Morgan fingerprint density at radius 3 is 2.54 bits per heavy atom. The third kappa shape index (κ3) is 1.90. The fourth-order valence-corrected chi connectivity index (χ4v) is 1.08. The lowest BCUT2D eigenvalue weighted by Crippen LogP contribution is -1.98. The molecule has 0 aliphatic carbocycles. The Labute approximate surface area is 75.8 Å². The molecule has 4 nitrogen and oxygen atoms in total. The minimum Gasteiger partial charge on any atom is -0.508 e. The molecule has 4 heteroatoms. The number of phenolic OH excluding ortho intramolecular Hbond substituents is 2. The molecular formula is C9H11NO3. The number of nitrogens with zero attached hydrogens (tertiary/aromatic N) is 1. The van der Waals surface area contributed by atoms with Crippen molar-refractivity contribution in [1.29, 1.82) is 0 Å². The van der Waals surface area contributed by atoms with Crippen molar-refractivity contribution < 1.29 is 15.4 Å². The molecule has 0 aliphatic heterocycles. The summed E-state index contributed by atoms with van der Waals surface area (Å²) in [5, 5.41) is 30.0. The van der Waals surface area contributed by atoms with Crippen LogP contribution in [-0.2, 0) is 0 Å². The van der Waals surface area contributed by atoms with E-state index in [1.54, 1.807) is 6.92 Å². The van der Waals surface area contributed by atoms with Crippen LogP contribution in [0.2, 0.25) is 0 Å². The van der Waals surface area contributed by atoms with Gasteiger partial charge in [-0.15, -0.1) is 0 Å². The number of benzene rings is 1. The van der Waals surface area contributed by atoms with Crippen LogP contribution >= 0.6 is 0 Å². The smallest absolute Gasteiger partial charge is 0.128 e. The van der Waals surface area contributed by atoms with E-state index in [2.05, 4.69) is 5.16 Å². The number of oxime groups is 1. The molecule has 13 heavy (non-hydrogen) atoms. The highest BCUT2D eigenvalue weighted by molar-refractivity contribution is 6.02. The summed E-state index contributed by atoms with van der Waals surface area (Å²) in [6.07, 6.45) is 0.509. The van der Waals surface area contributed by atoms with Crippen molar-refractivity contribution in [1.82, 2.24) is 0 Å². The summed E-state index contributed by atoms with van der Waals surface area (Å²) in [6.45, 7) is 1.81. The zero-order valence-electron chi connectivity index (χ0n) is 7.23. The monoisotopic (exact) mass is 181 g/mol. The van der Waals surface area contributed by atoms with Crippen LogP contribution in [0.4, 0.5) is 0 Å². The van der Waals surface area contributed by atoms with Gasteiger partial charge in [0.25, 0.3) is 0 Å². The third-order valence-electron chi connectivity index (χ3n) is 1.75. The van der Waals surface area contributed by atoms with Gasteiger partial charge in [-0.1, -0.05) is 12.1 Å². The van der Waals surface area contributed by atoms with E-state index in [4.69, 9.17) is 10.3 Å². The van der Waals surface area contributed by atoms with Crippen LogP contribution in [0, 0.1) is 0 Å². The summed E-state index contributed by atoms with van der Waals surface area (Å²) in [4.78, 5) is 0. The number of aromatic hydroxyl groups is 2. The van der Waals surface area contributed by atoms with Gasteiger partial charge in [-0.2, -0.15) is 0 Å². The van der Waals surface area contributed by atoms with E-state index in [1.807, 2.05) is 0 Å². The molecule has 0 atom stereocenters. The highest BCUT2D eigenvalue weighted by atomic mass is 16.4. The van der Waals surface area contributed by atoms with Crippen LogP contribution in [0.3, 0.4) is 0 Å². The zero-order chi connectivity index (χ0) is 9.84.